The summed E-state index contributed by atoms with van der Waals surface area (Å²) in [7, 11) is 0. The molecule has 0 spiro atoms. The summed E-state index contributed by atoms with van der Waals surface area (Å²) in [4.78, 5) is 22.8. The van der Waals surface area contributed by atoms with E-state index in [1.807, 2.05) is 0 Å². The summed E-state index contributed by atoms with van der Waals surface area (Å²) in [5.74, 6) is -0.779. The van der Waals surface area contributed by atoms with Gasteiger partial charge < -0.3 is 10.1 Å². The molecule has 1 N–H and O–H groups in total. The highest BCUT2D eigenvalue weighted by atomic mass is 35.5. The van der Waals surface area contributed by atoms with Crippen LogP contribution in [0, 0.1) is 5.41 Å². The number of alkyl halides is 2. The summed E-state index contributed by atoms with van der Waals surface area (Å²) in [5, 5.41) is 2.72. The van der Waals surface area contributed by atoms with E-state index < -0.39 is 15.7 Å². The van der Waals surface area contributed by atoms with Crippen LogP contribution in [0.15, 0.2) is 0 Å². The molecule has 1 unspecified atom stereocenters. The van der Waals surface area contributed by atoms with Crippen molar-refractivity contribution in [1.29, 1.82) is 0 Å². The molecule has 4 nitrogen and oxygen atoms in total. The molecule has 0 bridgehead atoms. The number of nitrogens with one attached hydrogen (secondary N) is 1. The summed E-state index contributed by atoms with van der Waals surface area (Å²) >= 11 is 11.6. The van der Waals surface area contributed by atoms with Crippen molar-refractivity contribution in [3.63, 3.8) is 0 Å². The third-order valence-electron chi connectivity index (χ3n) is 2.99. The molecule has 0 aromatic heterocycles. The minimum atomic E-state index is -1.04. The van der Waals surface area contributed by atoms with Crippen molar-refractivity contribution in [2.45, 2.75) is 36.6 Å². The topological polar surface area (TPSA) is 55.4 Å². The Morgan fingerprint density at radius 2 is 2.00 bits per heavy atom. The van der Waals surface area contributed by atoms with Crippen LogP contribution in [0.5, 0.6) is 0 Å². The Morgan fingerprint density at radius 1 is 1.44 bits per heavy atom. The summed E-state index contributed by atoms with van der Waals surface area (Å²) in [6, 6.07) is 0.267. The summed E-state index contributed by atoms with van der Waals surface area (Å²) in [5.41, 5.74) is -0.865. The number of amides is 1. The molecule has 1 amide bonds. The van der Waals surface area contributed by atoms with E-state index >= 15 is 0 Å². The van der Waals surface area contributed by atoms with E-state index in [1.165, 1.54) is 0 Å². The molecule has 2 aliphatic rings. The quantitative estimate of drug-likeness (QED) is 0.618. The number of carbonyl (C=O) groups is 2. The first-order valence-corrected chi connectivity index (χ1v) is 5.95. The molecule has 2 rings (SSSR count). The molecule has 0 radical (unpaired) electrons. The van der Waals surface area contributed by atoms with Crippen LogP contribution in [-0.2, 0) is 14.3 Å². The Labute approximate surface area is 104 Å². The van der Waals surface area contributed by atoms with E-state index in [2.05, 4.69) is 5.32 Å². The van der Waals surface area contributed by atoms with E-state index in [-0.39, 0.29) is 18.6 Å². The largest absolute Gasteiger partial charge is 0.455 e. The van der Waals surface area contributed by atoms with Gasteiger partial charge in [0.05, 0.1) is 0 Å². The minimum Gasteiger partial charge on any atom is -0.455 e. The smallest absolute Gasteiger partial charge is 0.315 e. The van der Waals surface area contributed by atoms with Crippen molar-refractivity contribution in [2.75, 3.05) is 6.61 Å². The maximum Gasteiger partial charge on any atom is 0.315 e. The lowest BCUT2D eigenvalue weighted by atomic mass is 10.1. The molecule has 0 saturated heterocycles. The van der Waals surface area contributed by atoms with Crippen LogP contribution in [0.3, 0.4) is 0 Å². The average Bonchev–Trinajstić information content (AvgIpc) is 3.04. The van der Waals surface area contributed by atoms with Crippen molar-refractivity contribution in [3.8, 4) is 0 Å². The van der Waals surface area contributed by atoms with Gasteiger partial charge >= 0.3 is 5.97 Å². The van der Waals surface area contributed by atoms with Gasteiger partial charge in [-0.3, -0.25) is 9.59 Å². The summed E-state index contributed by atoms with van der Waals surface area (Å²) in [6.07, 6.45) is 2.37. The van der Waals surface area contributed by atoms with Crippen molar-refractivity contribution < 1.29 is 14.3 Å². The molecule has 90 valence electrons. The normalized spacial score (nSPS) is 30.7. The van der Waals surface area contributed by atoms with Crippen LogP contribution in [0.4, 0.5) is 0 Å². The fourth-order valence-electron chi connectivity index (χ4n) is 1.41. The second-order valence-corrected chi connectivity index (χ2v) is 6.12. The zero-order valence-electron chi connectivity index (χ0n) is 8.89. The highest BCUT2D eigenvalue weighted by Crippen LogP contribution is 2.64. The molecule has 2 fully saturated rings. The Morgan fingerprint density at radius 3 is 2.44 bits per heavy atom. The Balaban J connectivity index is 1.73. The van der Waals surface area contributed by atoms with E-state index in [4.69, 9.17) is 27.9 Å². The first-order chi connectivity index (χ1) is 7.35. The second-order valence-electron chi connectivity index (χ2n) is 4.63. The summed E-state index contributed by atoms with van der Waals surface area (Å²) in [6.45, 7) is 1.38. The summed E-state index contributed by atoms with van der Waals surface area (Å²) < 4.78 is 3.83. The fraction of sp³-hybridized carbons (Fsp3) is 0.800. The lowest BCUT2D eigenvalue weighted by Gasteiger charge is -2.11. The third kappa shape index (κ3) is 2.28. The van der Waals surface area contributed by atoms with Crippen LogP contribution >= 0.6 is 23.2 Å². The van der Waals surface area contributed by atoms with Crippen molar-refractivity contribution >= 4 is 35.1 Å². The molecule has 6 heteroatoms. The second kappa shape index (κ2) is 3.77. The van der Waals surface area contributed by atoms with Crippen LogP contribution in [0.25, 0.3) is 0 Å². The van der Waals surface area contributed by atoms with Crippen LogP contribution in [-0.4, -0.2) is 28.9 Å². The minimum absolute atomic E-state index is 0.255. The first kappa shape index (κ1) is 12.0. The Kier molecular flexibility index (Phi) is 2.83. The van der Waals surface area contributed by atoms with Gasteiger partial charge in [-0.05, 0) is 19.8 Å². The van der Waals surface area contributed by atoms with Crippen LogP contribution in [0.1, 0.15) is 26.2 Å². The van der Waals surface area contributed by atoms with Crippen molar-refractivity contribution in [1.82, 2.24) is 5.32 Å². The zero-order chi connectivity index (χ0) is 12.0. The molecule has 0 heterocycles. The molecule has 0 aromatic carbocycles. The Hall–Kier alpha value is -0.480. The lowest BCUT2D eigenvalue weighted by molar-refractivity contribution is -0.153. The molecule has 2 saturated carbocycles. The van der Waals surface area contributed by atoms with E-state index in [0.29, 0.717) is 6.42 Å². The number of hydrogen-bond donors (Lipinski definition) is 1. The van der Waals surface area contributed by atoms with Gasteiger partial charge in [-0.15, -0.1) is 23.2 Å². The molecule has 16 heavy (non-hydrogen) atoms. The van der Waals surface area contributed by atoms with E-state index in [0.717, 1.165) is 12.8 Å². The lowest BCUT2D eigenvalue weighted by Crippen LogP contribution is -2.32. The molecule has 0 aromatic rings. The molecular formula is C10H13Cl2NO3. The van der Waals surface area contributed by atoms with Crippen LogP contribution < -0.4 is 5.32 Å². The number of rotatable bonds is 4. The van der Waals surface area contributed by atoms with Crippen LogP contribution in [0.2, 0.25) is 0 Å². The number of ether oxygens (including phenoxy) is 1. The SMILES string of the molecule is CC1(C(=O)OCC(=O)NC2CC2)CC1(Cl)Cl. The van der Waals surface area contributed by atoms with Crippen molar-refractivity contribution in [2.24, 2.45) is 5.41 Å². The number of carbonyl (C=O) groups excluding carboxylic acids is 2. The predicted octanol–water partition coefficient (Wildman–Crippen LogP) is 1.39. The average molecular weight is 266 g/mol. The van der Waals surface area contributed by atoms with Gasteiger partial charge in [0.25, 0.3) is 5.91 Å². The van der Waals surface area contributed by atoms with Gasteiger partial charge in [0.1, 0.15) is 9.75 Å². The molecular weight excluding hydrogens is 253 g/mol. The number of esters is 1. The van der Waals surface area contributed by atoms with Gasteiger partial charge in [0.15, 0.2) is 6.61 Å². The van der Waals surface area contributed by atoms with Crippen molar-refractivity contribution in [3.05, 3.63) is 0 Å². The van der Waals surface area contributed by atoms with Gasteiger partial charge in [0.2, 0.25) is 0 Å². The van der Waals surface area contributed by atoms with Gasteiger partial charge in [-0.2, -0.15) is 0 Å². The predicted molar refractivity (Wildman–Crippen MR) is 59.3 cm³/mol. The van der Waals surface area contributed by atoms with E-state index in [1.54, 1.807) is 6.92 Å². The Bertz CT molecular complexity index is 341. The first-order valence-electron chi connectivity index (χ1n) is 5.19. The van der Waals surface area contributed by atoms with Gasteiger partial charge in [0, 0.05) is 12.5 Å². The standard InChI is InChI=1S/C10H13Cl2NO3/c1-9(5-10(9,11)12)8(15)16-4-7(14)13-6-2-3-6/h6H,2-5H2,1H3,(H,13,14). The third-order valence-corrected chi connectivity index (χ3v) is 4.09. The molecule has 0 aliphatic heterocycles. The number of hydrogen-bond acceptors (Lipinski definition) is 3. The number of halogens is 2. The fourth-order valence-corrected chi connectivity index (χ4v) is 2.10. The maximum atomic E-state index is 11.6. The highest BCUT2D eigenvalue weighted by Gasteiger charge is 2.69. The zero-order valence-corrected chi connectivity index (χ0v) is 10.4. The van der Waals surface area contributed by atoms with Gasteiger partial charge in [-0.1, -0.05) is 0 Å². The van der Waals surface area contributed by atoms with Gasteiger partial charge in [-0.25, -0.2) is 0 Å². The molecule has 1 atom stereocenters. The maximum absolute atomic E-state index is 11.6. The van der Waals surface area contributed by atoms with E-state index in [9.17, 15) is 9.59 Å². The highest BCUT2D eigenvalue weighted by molar-refractivity contribution is 6.53. The molecule has 2 aliphatic carbocycles. The monoisotopic (exact) mass is 265 g/mol.